The Morgan fingerprint density at radius 3 is 1.89 bits per heavy atom. The highest BCUT2D eigenvalue weighted by molar-refractivity contribution is 6.10. The van der Waals surface area contributed by atoms with Crippen LogP contribution in [0.2, 0.25) is 0 Å². The normalized spacial score (nSPS) is 11.8. The van der Waals surface area contributed by atoms with Gasteiger partial charge in [0.1, 0.15) is 5.58 Å². The smallest absolute Gasteiger partial charge is 0.159 e. The molecule has 4 aromatic rings. The minimum absolute atomic E-state index is 0.428. The Morgan fingerprint density at radius 1 is 0.630 bits per heavy atom. The summed E-state index contributed by atoms with van der Waals surface area (Å²) in [6.07, 6.45) is 0. The van der Waals surface area contributed by atoms with Gasteiger partial charge in [0, 0.05) is 23.5 Å². The van der Waals surface area contributed by atoms with Gasteiger partial charge in [-0.3, -0.25) is 0 Å². The van der Waals surface area contributed by atoms with Crippen molar-refractivity contribution in [2.75, 3.05) is 11.9 Å². The number of rotatable bonds is 4. The molecule has 0 saturated carbocycles. The third-order valence-electron chi connectivity index (χ3n) is 5.44. The van der Waals surface area contributed by atoms with Gasteiger partial charge < -0.3 is 9.32 Å². The van der Waals surface area contributed by atoms with Crippen LogP contribution in [0.3, 0.4) is 0 Å². The largest absolute Gasteiger partial charge is 0.454 e. The van der Waals surface area contributed by atoms with Gasteiger partial charge in [-0.15, -0.1) is 0 Å². The number of benzene rings is 3. The predicted molar refractivity (Wildman–Crippen MR) is 116 cm³/mol. The van der Waals surface area contributed by atoms with Gasteiger partial charge in [-0.2, -0.15) is 0 Å². The van der Waals surface area contributed by atoms with Crippen LogP contribution in [0.1, 0.15) is 50.7 Å². The summed E-state index contributed by atoms with van der Waals surface area (Å²) in [7, 11) is 2.13. The predicted octanol–water partition coefficient (Wildman–Crippen LogP) is 7.60. The van der Waals surface area contributed by atoms with E-state index in [0.717, 1.165) is 16.9 Å². The van der Waals surface area contributed by atoms with Crippen molar-refractivity contribution in [1.29, 1.82) is 0 Å². The van der Waals surface area contributed by atoms with Gasteiger partial charge in [-0.25, -0.2) is 0 Å². The average Bonchev–Trinajstić information content (AvgIpc) is 3.06. The van der Waals surface area contributed by atoms with E-state index >= 15 is 0 Å². The van der Waals surface area contributed by atoms with Crippen LogP contribution in [0.15, 0.2) is 65.1 Å². The first-order valence-electron chi connectivity index (χ1n) is 9.75. The van der Waals surface area contributed by atoms with Crippen LogP contribution < -0.4 is 4.90 Å². The molecule has 27 heavy (non-hydrogen) atoms. The highest BCUT2D eigenvalue weighted by atomic mass is 16.3. The van der Waals surface area contributed by atoms with E-state index in [9.17, 15) is 0 Å². The van der Waals surface area contributed by atoms with Gasteiger partial charge in [0.05, 0.1) is 5.69 Å². The molecule has 3 aromatic carbocycles. The molecule has 0 saturated heterocycles. The van der Waals surface area contributed by atoms with Crippen LogP contribution in [-0.2, 0) is 0 Å². The van der Waals surface area contributed by atoms with E-state index in [-0.39, 0.29) is 0 Å². The number of para-hydroxylation sites is 3. The van der Waals surface area contributed by atoms with E-state index in [4.69, 9.17) is 4.42 Å². The molecule has 0 aliphatic carbocycles. The molecular weight excluding hydrogens is 330 g/mol. The maximum absolute atomic E-state index is 6.48. The summed E-state index contributed by atoms with van der Waals surface area (Å²) in [6.45, 7) is 8.91. The number of hydrogen-bond donors (Lipinski definition) is 0. The fraction of sp³-hybridized carbons (Fsp3) is 0.280. The highest BCUT2D eigenvalue weighted by Gasteiger charge is 2.18. The topological polar surface area (TPSA) is 16.4 Å². The maximum atomic E-state index is 6.48. The lowest BCUT2D eigenvalue weighted by molar-refractivity contribution is 0.656. The van der Waals surface area contributed by atoms with Gasteiger partial charge in [-0.1, -0.05) is 76.2 Å². The van der Waals surface area contributed by atoms with Crippen molar-refractivity contribution in [3.05, 3.63) is 71.8 Å². The molecule has 0 aliphatic heterocycles. The summed E-state index contributed by atoms with van der Waals surface area (Å²) in [4.78, 5) is 2.26. The third-order valence-corrected chi connectivity index (χ3v) is 5.44. The fourth-order valence-corrected chi connectivity index (χ4v) is 3.96. The summed E-state index contributed by atoms with van der Waals surface area (Å²) >= 11 is 0. The molecule has 1 heterocycles. The van der Waals surface area contributed by atoms with Crippen molar-refractivity contribution in [1.82, 2.24) is 0 Å². The molecule has 0 radical (unpaired) electrons. The standard InChI is InChI=1S/C25H27NO/c1-16(2)18-10-6-7-14-22(18)26(5)23-15-9-13-21-20-12-8-11-19(17(3)4)24(20)27-25(21)23/h6-17H,1-5H3. The zero-order chi connectivity index (χ0) is 19.1. The molecule has 1 aromatic heterocycles. The molecule has 0 spiro atoms. The SMILES string of the molecule is CC(C)c1ccccc1N(C)c1cccc2c1oc1c(C(C)C)cccc12. The molecule has 2 heteroatoms. The van der Waals surface area contributed by atoms with Crippen molar-refractivity contribution < 1.29 is 4.42 Å². The van der Waals surface area contributed by atoms with Crippen LogP contribution in [0, 0.1) is 0 Å². The summed E-state index contributed by atoms with van der Waals surface area (Å²) in [5, 5.41) is 2.38. The lowest BCUT2D eigenvalue weighted by atomic mass is 9.99. The second-order valence-corrected chi connectivity index (χ2v) is 7.91. The van der Waals surface area contributed by atoms with Crippen LogP contribution in [0.25, 0.3) is 21.9 Å². The number of hydrogen-bond acceptors (Lipinski definition) is 2. The molecule has 0 N–H and O–H groups in total. The Hall–Kier alpha value is -2.74. The van der Waals surface area contributed by atoms with Crippen LogP contribution in [-0.4, -0.2) is 7.05 Å². The second kappa shape index (κ2) is 6.77. The quantitative estimate of drug-likeness (QED) is 0.374. The van der Waals surface area contributed by atoms with E-state index in [1.54, 1.807) is 0 Å². The molecule has 0 atom stereocenters. The van der Waals surface area contributed by atoms with E-state index in [1.165, 1.54) is 27.6 Å². The monoisotopic (exact) mass is 357 g/mol. The van der Waals surface area contributed by atoms with E-state index in [0.29, 0.717) is 11.8 Å². The Bertz CT molecular complexity index is 1100. The maximum Gasteiger partial charge on any atom is 0.159 e. The summed E-state index contributed by atoms with van der Waals surface area (Å²) in [6, 6.07) is 21.5. The van der Waals surface area contributed by atoms with Crippen molar-refractivity contribution in [3.63, 3.8) is 0 Å². The zero-order valence-corrected chi connectivity index (χ0v) is 16.8. The van der Waals surface area contributed by atoms with Crippen molar-refractivity contribution in [2.45, 2.75) is 39.5 Å². The second-order valence-electron chi connectivity index (χ2n) is 7.91. The zero-order valence-electron chi connectivity index (χ0n) is 16.8. The Kier molecular flexibility index (Phi) is 4.43. The summed E-state index contributed by atoms with van der Waals surface area (Å²) in [5.41, 5.74) is 6.91. The highest BCUT2D eigenvalue weighted by Crippen LogP contribution is 2.40. The van der Waals surface area contributed by atoms with Gasteiger partial charge in [0.2, 0.25) is 0 Å². The van der Waals surface area contributed by atoms with Gasteiger partial charge in [0.15, 0.2) is 5.58 Å². The first-order chi connectivity index (χ1) is 13.0. The van der Waals surface area contributed by atoms with E-state index < -0.39 is 0 Å². The molecule has 138 valence electrons. The molecule has 0 bridgehead atoms. The summed E-state index contributed by atoms with van der Waals surface area (Å²) < 4.78 is 6.48. The number of nitrogens with zero attached hydrogens (tertiary/aromatic N) is 1. The molecule has 4 rings (SSSR count). The van der Waals surface area contributed by atoms with Crippen molar-refractivity contribution >= 4 is 33.3 Å². The number of fused-ring (bicyclic) bond motifs is 3. The minimum Gasteiger partial charge on any atom is -0.454 e. The van der Waals surface area contributed by atoms with E-state index in [2.05, 4.69) is 100 Å². The Labute approximate surface area is 161 Å². The van der Waals surface area contributed by atoms with Gasteiger partial charge in [0.25, 0.3) is 0 Å². The molecule has 0 unspecified atom stereocenters. The first-order valence-corrected chi connectivity index (χ1v) is 9.75. The lowest BCUT2D eigenvalue weighted by Crippen LogP contribution is -2.12. The van der Waals surface area contributed by atoms with Crippen LogP contribution >= 0.6 is 0 Å². The third kappa shape index (κ3) is 2.90. The molecular formula is C25H27NO. The van der Waals surface area contributed by atoms with Gasteiger partial charge in [-0.05, 0) is 35.1 Å². The fourth-order valence-electron chi connectivity index (χ4n) is 3.96. The van der Waals surface area contributed by atoms with Crippen LogP contribution in [0.5, 0.6) is 0 Å². The summed E-state index contributed by atoms with van der Waals surface area (Å²) in [5.74, 6) is 0.892. The van der Waals surface area contributed by atoms with Crippen LogP contribution in [0.4, 0.5) is 11.4 Å². The number of anilines is 2. The van der Waals surface area contributed by atoms with Crippen molar-refractivity contribution in [3.8, 4) is 0 Å². The van der Waals surface area contributed by atoms with Crippen molar-refractivity contribution in [2.24, 2.45) is 0 Å². The first kappa shape index (κ1) is 17.7. The van der Waals surface area contributed by atoms with Gasteiger partial charge >= 0.3 is 0 Å². The average molecular weight is 357 g/mol. The lowest BCUT2D eigenvalue weighted by Gasteiger charge is -2.24. The number of furan rings is 1. The van der Waals surface area contributed by atoms with E-state index in [1.807, 2.05) is 0 Å². The molecule has 2 nitrogen and oxygen atoms in total. The molecule has 0 fully saturated rings. The minimum atomic E-state index is 0.428. The Balaban J connectivity index is 1.96. The molecule has 0 amide bonds. The molecule has 0 aliphatic rings. The Morgan fingerprint density at radius 2 is 1.19 bits per heavy atom.